The number of rotatable bonds is 4. The Balaban J connectivity index is 1.59. The van der Waals surface area contributed by atoms with Gasteiger partial charge in [-0.1, -0.05) is 30.3 Å². The molecule has 4 heterocycles. The molecule has 37 heavy (non-hydrogen) atoms. The van der Waals surface area contributed by atoms with Crippen LogP contribution < -0.4 is 10.2 Å². The van der Waals surface area contributed by atoms with E-state index in [9.17, 15) is 14.4 Å². The van der Waals surface area contributed by atoms with E-state index in [1.165, 1.54) is 7.11 Å². The van der Waals surface area contributed by atoms with Gasteiger partial charge in [-0.05, 0) is 19.2 Å². The minimum Gasteiger partial charge on any atom is -0.465 e. The minimum atomic E-state index is -0.522. The summed E-state index contributed by atoms with van der Waals surface area (Å²) in [5.41, 5.74) is 2.83. The molecule has 2 aromatic heterocycles. The fourth-order valence-electron chi connectivity index (χ4n) is 4.98. The van der Waals surface area contributed by atoms with Crippen molar-refractivity contribution >= 4 is 56.7 Å². The number of aromatic amines is 1. The third kappa shape index (κ3) is 3.73. The van der Waals surface area contributed by atoms with Gasteiger partial charge in [-0.3, -0.25) is 14.9 Å². The highest BCUT2D eigenvalue weighted by atomic mass is 16.5. The predicted molar refractivity (Wildman–Crippen MR) is 139 cm³/mol. The molecule has 2 aromatic carbocycles. The number of imide groups is 1. The number of H-pyrrole nitrogens is 1. The molecule has 2 aliphatic rings. The number of ether oxygens (including phenoxy) is 1. The van der Waals surface area contributed by atoms with Gasteiger partial charge in [0.25, 0.3) is 11.8 Å². The van der Waals surface area contributed by atoms with E-state index in [2.05, 4.69) is 27.1 Å². The number of nitrogens with one attached hydrogen (secondary N) is 2. The summed E-state index contributed by atoms with van der Waals surface area (Å²) in [4.78, 5) is 55.8. The van der Waals surface area contributed by atoms with Crippen molar-refractivity contribution in [3.05, 3.63) is 65.5 Å². The highest BCUT2D eigenvalue weighted by Gasteiger charge is 2.36. The molecule has 4 aromatic rings. The Kier molecular flexibility index (Phi) is 5.45. The first kappa shape index (κ1) is 22.9. The van der Waals surface area contributed by atoms with Crippen LogP contribution in [-0.2, 0) is 14.3 Å². The van der Waals surface area contributed by atoms with Gasteiger partial charge in [-0.2, -0.15) is 0 Å². The molecular weight excluding hydrogens is 472 g/mol. The number of esters is 1. The average Bonchev–Trinajstić information content (AvgIpc) is 3.47. The van der Waals surface area contributed by atoms with Crippen molar-refractivity contribution in [3.63, 3.8) is 0 Å². The number of anilines is 1. The second-order valence-corrected chi connectivity index (χ2v) is 9.14. The van der Waals surface area contributed by atoms with Crippen LogP contribution in [0.3, 0.4) is 0 Å². The summed E-state index contributed by atoms with van der Waals surface area (Å²) < 4.78 is 4.90. The Morgan fingerprint density at radius 1 is 0.919 bits per heavy atom. The molecular formula is C27H24N6O4. The number of carbonyl (C=O) groups excluding carboxylic acids is 3. The first-order valence-electron chi connectivity index (χ1n) is 12.0. The Labute approximate surface area is 211 Å². The number of fused-ring (bicyclic) bond motifs is 2. The number of aromatic nitrogens is 3. The van der Waals surface area contributed by atoms with E-state index < -0.39 is 17.8 Å². The molecule has 0 saturated carbocycles. The normalized spacial score (nSPS) is 16.6. The number of carbonyl (C=O) groups is 3. The fraction of sp³-hybridized carbons (Fsp3) is 0.222. The predicted octanol–water partition coefficient (Wildman–Crippen LogP) is 2.22. The molecule has 10 nitrogen and oxygen atoms in total. The first-order chi connectivity index (χ1) is 18.0. The number of piperazine rings is 1. The van der Waals surface area contributed by atoms with Crippen LogP contribution in [0.4, 0.5) is 5.95 Å². The zero-order valence-electron chi connectivity index (χ0n) is 20.4. The average molecular weight is 497 g/mol. The summed E-state index contributed by atoms with van der Waals surface area (Å²) >= 11 is 0. The van der Waals surface area contributed by atoms with Gasteiger partial charge in [0.15, 0.2) is 0 Å². The van der Waals surface area contributed by atoms with Crippen molar-refractivity contribution in [2.75, 3.05) is 45.2 Å². The zero-order valence-corrected chi connectivity index (χ0v) is 20.4. The summed E-state index contributed by atoms with van der Waals surface area (Å²) in [5, 5.41) is 3.75. The summed E-state index contributed by atoms with van der Waals surface area (Å²) in [5.74, 6) is -1.02. The standard InChI is InChI=1S/C27H24N6O4/c1-32-10-12-33(13-11-32)27-29-19-9-4-3-6-16(19)23(30-27)21-20(24(34)31-25(21)35)18-14-28-22-15(18)7-5-8-17(22)26(36)37-2/h3-9,14,28H,10-13H2,1-2H3,(H,31,34,35). The number of amides is 2. The van der Waals surface area contributed by atoms with Crippen LogP contribution >= 0.6 is 0 Å². The molecule has 2 amide bonds. The van der Waals surface area contributed by atoms with Crippen molar-refractivity contribution in [1.29, 1.82) is 0 Å². The minimum absolute atomic E-state index is 0.184. The van der Waals surface area contributed by atoms with Crippen LogP contribution in [0.1, 0.15) is 21.6 Å². The van der Waals surface area contributed by atoms with E-state index in [-0.39, 0.29) is 11.1 Å². The number of hydrogen-bond donors (Lipinski definition) is 2. The van der Waals surface area contributed by atoms with Crippen LogP contribution in [0.25, 0.3) is 33.0 Å². The van der Waals surface area contributed by atoms with Crippen LogP contribution in [0, 0.1) is 0 Å². The zero-order chi connectivity index (χ0) is 25.7. The van der Waals surface area contributed by atoms with Gasteiger partial charge in [0.05, 0.1) is 40.5 Å². The van der Waals surface area contributed by atoms with E-state index in [0.29, 0.717) is 44.6 Å². The summed E-state index contributed by atoms with van der Waals surface area (Å²) in [6.07, 6.45) is 1.63. The van der Waals surface area contributed by atoms with Gasteiger partial charge in [-0.25, -0.2) is 14.8 Å². The van der Waals surface area contributed by atoms with Gasteiger partial charge in [0.2, 0.25) is 5.95 Å². The maximum absolute atomic E-state index is 13.3. The highest BCUT2D eigenvalue weighted by Crippen LogP contribution is 2.37. The van der Waals surface area contributed by atoms with Gasteiger partial charge in [0, 0.05) is 48.7 Å². The van der Waals surface area contributed by atoms with Crippen molar-refractivity contribution in [2.45, 2.75) is 0 Å². The number of hydrogen-bond acceptors (Lipinski definition) is 8. The Bertz CT molecular complexity index is 1630. The van der Waals surface area contributed by atoms with E-state index >= 15 is 0 Å². The van der Waals surface area contributed by atoms with Crippen LogP contribution in [-0.4, -0.2) is 78.0 Å². The lowest BCUT2D eigenvalue weighted by atomic mass is 9.96. The first-order valence-corrected chi connectivity index (χ1v) is 12.0. The van der Waals surface area contributed by atoms with Crippen molar-refractivity contribution in [1.82, 2.24) is 25.2 Å². The lowest BCUT2D eigenvalue weighted by Gasteiger charge is -2.32. The Hall–Kier alpha value is -4.57. The molecule has 0 aliphatic carbocycles. The molecule has 1 fully saturated rings. The lowest BCUT2D eigenvalue weighted by Crippen LogP contribution is -2.45. The molecule has 0 radical (unpaired) electrons. The molecule has 1 saturated heterocycles. The number of benzene rings is 2. The maximum Gasteiger partial charge on any atom is 0.339 e. The molecule has 2 aliphatic heterocycles. The molecule has 10 heteroatoms. The molecule has 2 N–H and O–H groups in total. The summed E-state index contributed by atoms with van der Waals surface area (Å²) in [6.45, 7) is 3.25. The van der Waals surface area contributed by atoms with Gasteiger partial charge in [-0.15, -0.1) is 0 Å². The molecule has 186 valence electrons. The quantitative estimate of drug-likeness (QED) is 0.326. The monoisotopic (exact) mass is 496 g/mol. The number of likely N-dealkylation sites (N-methyl/N-ethyl adjacent to an activating group) is 1. The molecule has 0 bridgehead atoms. The van der Waals surface area contributed by atoms with Crippen LogP contribution in [0.15, 0.2) is 48.7 Å². The molecule has 6 rings (SSSR count). The van der Waals surface area contributed by atoms with Crippen molar-refractivity contribution < 1.29 is 19.1 Å². The van der Waals surface area contributed by atoms with Crippen LogP contribution in [0.2, 0.25) is 0 Å². The smallest absolute Gasteiger partial charge is 0.339 e. The van der Waals surface area contributed by atoms with Crippen LogP contribution in [0.5, 0.6) is 0 Å². The summed E-state index contributed by atoms with van der Waals surface area (Å²) in [7, 11) is 3.38. The largest absolute Gasteiger partial charge is 0.465 e. The lowest BCUT2D eigenvalue weighted by molar-refractivity contribution is -0.122. The third-order valence-corrected chi connectivity index (χ3v) is 6.94. The second kappa shape index (κ2) is 8.82. The summed E-state index contributed by atoms with van der Waals surface area (Å²) in [6, 6.07) is 12.6. The number of para-hydroxylation sites is 2. The molecule has 0 unspecified atom stereocenters. The van der Waals surface area contributed by atoms with Crippen molar-refractivity contribution in [2.24, 2.45) is 0 Å². The molecule has 0 atom stereocenters. The SMILES string of the molecule is COC(=O)c1cccc2c(C3=C(c4nc(N5CCN(C)CC5)nc5ccccc45)C(=O)NC3=O)c[nH]c12. The number of nitrogens with zero attached hydrogens (tertiary/aromatic N) is 4. The topological polar surface area (TPSA) is 121 Å². The van der Waals surface area contributed by atoms with Gasteiger partial charge in [0.1, 0.15) is 0 Å². The highest BCUT2D eigenvalue weighted by molar-refractivity contribution is 6.50. The van der Waals surface area contributed by atoms with E-state index in [1.54, 1.807) is 24.4 Å². The van der Waals surface area contributed by atoms with Gasteiger partial charge < -0.3 is 19.5 Å². The van der Waals surface area contributed by atoms with E-state index in [0.717, 1.165) is 26.2 Å². The third-order valence-electron chi connectivity index (χ3n) is 6.94. The van der Waals surface area contributed by atoms with E-state index in [1.807, 2.05) is 24.3 Å². The number of methoxy groups -OCH3 is 1. The molecule has 0 spiro atoms. The van der Waals surface area contributed by atoms with Gasteiger partial charge >= 0.3 is 5.97 Å². The Morgan fingerprint density at radius 2 is 1.65 bits per heavy atom. The second-order valence-electron chi connectivity index (χ2n) is 9.14. The fourth-order valence-corrected chi connectivity index (χ4v) is 4.98. The Morgan fingerprint density at radius 3 is 2.43 bits per heavy atom. The maximum atomic E-state index is 13.3. The van der Waals surface area contributed by atoms with E-state index in [4.69, 9.17) is 14.7 Å². The van der Waals surface area contributed by atoms with Crippen molar-refractivity contribution in [3.8, 4) is 0 Å².